The molecule has 0 radical (unpaired) electrons. The van der Waals surface area contributed by atoms with Gasteiger partial charge in [-0.25, -0.2) is 4.79 Å². The van der Waals surface area contributed by atoms with Crippen LogP contribution in [0.4, 0.5) is 10.5 Å². The van der Waals surface area contributed by atoms with Gasteiger partial charge in [-0.15, -0.1) is 0 Å². The zero-order chi connectivity index (χ0) is 14.0. The molecule has 0 aliphatic rings. The summed E-state index contributed by atoms with van der Waals surface area (Å²) in [6, 6.07) is 4.38. The van der Waals surface area contributed by atoms with Crippen molar-refractivity contribution in [2.75, 3.05) is 18.9 Å². The largest absolute Gasteiger partial charge is 0.328 e. The fraction of sp³-hybridized carbons (Fsp3) is 0.250. The Labute approximate surface area is 108 Å². The lowest BCUT2D eigenvalue weighted by Gasteiger charge is -2.16. The van der Waals surface area contributed by atoms with Crippen molar-refractivity contribution in [3.8, 4) is 0 Å². The minimum absolute atomic E-state index is 0.170. The zero-order valence-electron chi connectivity index (χ0n) is 10.6. The molecule has 100 valence electrons. The van der Waals surface area contributed by atoms with Crippen LogP contribution in [-0.2, 0) is 0 Å². The summed E-state index contributed by atoms with van der Waals surface area (Å²) in [5.41, 5.74) is -0.547. The quantitative estimate of drug-likeness (QED) is 0.743. The summed E-state index contributed by atoms with van der Waals surface area (Å²) in [5, 5.41) is 7.51. The second-order valence-electron chi connectivity index (χ2n) is 4.08. The summed E-state index contributed by atoms with van der Waals surface area (Å²) in [6.07, 6.45) is 0. The summed E-state index contributed by atoms with van der Waals surface area (Å²) in [7, 11) is 1.64. The van der Waals surface area contributed by atoms with Crippen LogP contribution in [0.3, 0.4) is 0 Å². The van der Waals surface area contributed by atoms with Crippen molar-refractivity contribution in [2.45, 2.75) is 6.92 Å². The number of nitrogens with zero attached hydrogens (tertiary/aromatic N) is 1. The van der Waals surface area contributed by atoms with Crippen molar-refractivity contribution in [3.63, 3.8) is 0 Å². The van der Waals surface area contributed by atoms with Gasteiger partial charge in [0.15, 0.2) is 0 Å². The van der Waals surface area contributed by atoms with Gasteiger partial charge in [-0.3, -0.25) is 19.8 Å². The molecule has 0 atom stereocenters. The number of fused-ring (bicyclic) bond motifs is 1. The molecular weight excluding hydrogens is 248 g/mol. The molecule has 0 saturated heterocycles. The number of anilines is 1. The molecule has 0 aliphatic carbocycles. The topological polar surface area (TPSA) is 98.1 Å². The average molecular weight is 262 g/mol. The van der Waals surface area contributed by atoms with Gasteiger partial charge in [0.2, 0.25) is 0 Å². The van der Waals surface area contributed by atoms with E-state index in [1.54, 1.807) is 19.2 Å². The van der Waals surface area contributed by atoms with E-state index in [1.165, 1.54) is 11.0 Å². The molecule has 1 aromatic carbocycles. The first kappa shape index (κ1) is 12.9. The lowest BCUT2D eigenvalue weighted by molar-refractivity contribution is 0.224. The van der Waals surface area contributed by atoms with E-state index in [9.17, 15) is 14.4 Å². The van der Waals surface area contributed by atoms with E-state index in [2.05, 4.69) is 15.5 Å². The molecule has 1 aromatic heterocycles. The number of carbonyl (C=O) groups is 1. The number of urea groups is 1. The van der Waals surface area contributed by atoms with Gasteiger partial charge in [-0.05, 0) is 19.1 Å². The number of nitrogens with one attached hydrogen (secondary N) is 3. The van der Waals surface area contributed by atoms with Gasteiger partial charge in [0, 0.05) is 13.6 Å². The summed E-state index contributed by atoms with van der Waals surface area (Å²) < 4.78 is 0. The van der Waals surface area contributed by atoms with E-state index in [0.717, 1.165) is 0 Å². The smallest absolute Gasteiger partial charge is 0.321 e. The van der Waals surface area contributed by atoms with Crippen molar-refractivity contribution in [3.05, 3.63) is 38.9 Å². The van der Waals surface area contributed by atoms with E-state index in [1.807, 2.05) is 6.92 Å². The third-order valence-electron chi connectivity index (χ3n) is 2.89. The summed E-state index contributed by atoms with van der Waals surface area (Å²) in [6.45, 7) is 2.37. The predicted molar refractivity (Wildman–Crippen MR) is 72.5 cm³/mol. The molecule has 7 nitrogen and oxygen atoms in total. The molecule has 0 bridgehead atoms. The molecule has 0 aliphatic heterocycles. The van der Waals surface area contributed by atoms with Gasteiger partial charge in [-0.1, -0.05) is 6.07 Å². The first-order valence-electron chi connectivity index (χ1n) is 5.80. The van der Waals surface area contributed by atoms with Crippen LogP contribution < -0.4 is 16.4 Å². The Morgan fingerprint density at radius 3 is 2.63 bits per heavy atom. The third kappa shape index (κ3) is 2.35. The predicted octanol–water partition coefficient (Wildman–Crippen LogP) is 0.700. The molecule has 2 aromatic rings. The fourth-order valence-electron chi connectivity index (χ4n) is 1.69. The van der Waals surface area contributed by atoms with Crippen LogP contribution >= 0.6 is 0 Å². The van der Waals surface area contributed by atoms with Crippen LogP contribution in [0.15, 0.2) is 27.8 Å². The standard InChI is InChI=1S/C12H14N4O3/c1-3-16(2)12(19)13-8-6-4-5-7-9(8)11(18)15-14-10(7)17/h4-6H,3H2,1-2H3,(H,13,19)(H,14,17)(H,15,18). The first-order chi connectivity index (χ1) is 9.04. The minimum atomic E-state index is -0.454. The second-order valence-corrected chi connectivity index (χ2v) is 4.08. The molecule has 0 unspecified atom stereocenters. The Morgan fingerprint density at radius 2 is 1.95 bits per heavy atom. The fourth-order valence-corrected chi connectivity index (χ4v) is 1.69. The molecule has 0 saturated carbocycles. The Bertz CT molecular complexity index is 732. The number of H-pyrrole nitrogens is 2. The monoisotopic (exact) mass is 262 g/mol. The number of hydrogen-bond acceptors (Lipinski definition) is 3. The van der Waals surface area contributed by atoms with E-state index < -0.39 is 11.1 Å². The molecule has 19 heavy (non-hydrogen) atoms. The molecule has 1 heterocycles. The number of benzene rings is 1. The molecule has 0 fully saturated rings. The van der Waals surface area contributed by atoms with Gasteiger partial charge in [0.1, 0.15) is 0 Å². The number of hydrogen-bond donors (Lipinski definition) is 3. The first-order valence-corrected chi connectivity index (χ1v) is 5.80. The zero-order valence-corrected chi connectivity index (χ0v) is 10.6. The maximum Gasteiger partial charge on any atom is 0.321 e. The van der Waals surface area contributed by atoms with Crippen LogP contribution in [0.2, 0.25) is 0 Å². The summed E-state index contributed by atoms with van der Waals surface area (Å²) in [5.74, 6) is 0. The Hall–Kier alpha value is -2.57. The van der Waals surface area contributed by atoms with Gasteiger partial charge in [0.05, 0.1) is 16.5 Å². The molecule has 2 amide bonds. The van der Waals surface area contributed by atoms with Crippen LogP contribution in [0.5, 0.6) is 0 Å². The molecule has 2 rings (SSSR count). The Morgan fingerprint density at radius 1 is 1.26 bits per heavy atom. The SMILES string of the molecule is CCN(C)C(=O)Nc1cccc2c(=O)[nH][nH]c(=O)c12. The van der Waals surface area contributed by atoms with Gasteiger partial charge >= 0.3 is 6.03 Å². The average Bonchev–Trinajstić information content (AvgIpc) is 2.42. The van der Waals surface area contributed by atoms with E-state index in [-0.39, 0.29) is 16.8 Å². The lowest BCUT2D eigenvalue weighted by atomic mass is 10.1. The normalized spacial score (nSPS) is 10.4. The maximum atomic E-state index is 11.8. The number of amides is 2. The van der Waals surface area contributed by atoms with Crippen LogP contribution in [0.1, 0.15) is 6.92 Å². The van der Waals surface area contributed by atoms with Gasteiger partial charge < -0.3 is 10.2 Å². The number of carbonyl (C=O) groups excluding carboxylic acids is 1. The van der Waals surface area contributed by atoms with Crippen LogP contribution in [-0.4, -0.2) is 34.7 Å². The number of aromatic nitrogens is 2. The van der Waals surface area contributed by atoms with Gasteiger partial charge in [0.25, 0.3) is 11.1 Å². The van der Waals surface area contributed by atoms with Crippen LogP contribution in [0, 0.1) is 0 Å². The minimum Gasteiger partial charge on any atom is -0.328 e. The second kappa shape index (κ2) is 4.97. The maximum absolute atomic E-state index is 11.8. The van der Waals surface area contributed by atoms with Crippen molar-refractivity contribution < 1.29 is 4.79 Å². The molecule has 0 spiro atoms. The summed E-state index contributed by atoms with van der Waals surface area (Å²) in [4.78, 5) is 36.7. The number of rotatable bonds is 2. The van der Waals surface area contributed by atoms with Crippen molar-refractivity contribution >= 4 is 22.5 Å². The van der Waals surface area contributed by atoms with E-state index in [4.69, 9.17) is 0 Å². The van der Waals surface area contributed by atoms with E-state index in [0.29, 0.717) is 12.2 Å². The highest BCUT2D eigenvalue weighted by atomic mass is 16.2. The van der Waals surface area contributed by atoms with E-state index >= 15 is 0 Å². The highest BCUT2D eigenvalue weighted by molar-refractivity contribution is 6.00. The molecule has 3 N–H and O–H groups in total. The highest BCUT2D eigenvalue weighted by Crippen LogP contribution is 2.16. The summed E-state index contributed by atoms with van der Waals surface area (Å²) >= 11 is 0. The van der Waals surface area contributed by atoms with Crippen molar-refractivity contribution in [2.24, 2.45) is 0 Å². The Kier molecular flexibility index (Phi) is 3.37. The lowest BCUT2D eigenvalue weighted by Crippen LogP contribution is -2.31. The van der Waals surface area contributed by atoms with Crippen molar-refractivity contribution in [1.82, 2.24) is 15.1 Å². The van der Waals surface area contributed by atoms with Crippen molar-refractivity contribution in [1.29, 1.82) is 0 Å². The van der Waals surface area contributed by atoms with Crippen LogP contribution in [0.25, 0.3) is 10.8 Å². The molecule has 7 heteroatoms. The van der Waals surface area contributed by atoms with Gasteiger partial charge in [-0.2, -0.15) is 0 Å². The molecular formula is C12H14N4O3. The number of aromatic amines is 2. The highest BCUT2D eigenvalue weighted by Gasteiger charge is 2.12. The Balaban J connectivity index is 2.56. The third-order valence-corrected chi connectivity index (χ3v) is 2.89.